The molecule has 19 heavy (non-hydrogen) atoms. The molecule has 0 saturated carbocycles. The Bertz CT molecular complexity index is 523. The highest BCUT2D eigenvalue weighted by Gasteiger charge is 2.25. The third-order valence-corrected chi connectivity index (χ3v) is 5.85. The zero-order chi connectivity index (χ0) is 14.5. The topological polar surface area (TPSA) is 83.9 Å². The Labute approximate surface area is 116 Å². The van der Waals surface area contributed by atoms with Gasteiger partial charge >= 0.3 is 5.97 Å². The molecule has 0 fully saturated rings. The average molecular weight is 307 g/mol. The van der Waals surface area contributed by atoms with Crippen molar-refractivity contribution in [2.45, 2.75) is 18.1 Å². The van der Waals surface area contributed by atoms with Crippen LogP contribution in [-0.2, 0) is 14.8 Å². The molecule has 0 atom stereocenters. The van der Waals surface area contributed by atoms with Gasteiger partial charge in [0.1, 0.15) is 4.21 Å². The van der Waals surface area contributed by atoms with Crippen LogP contribution < -0.4 is 0 Å². The number of nitrogens with zero attached hydrogens (tertiary/aromatic N) is 1. The summed E-state index contributed by atoms with van der Waals surface area (Å²) < 4.78 is 31.0. The van der Waals surface area contributed by atoms with Gasteiger partial charge in [-0.2, -0.15) is 4.31 Å². The summed E-state index contributed by atoms with van der Waals surface area (Å²) in [6.07, 6.45) is 0. The van der Waals surface area contributed by atoms with Crippen molar-refractivity contribution in [3.8, 4) is 0 Å². The van der Waals surface area contributed by atoms with Gasteiger partial charge in [-0.05, 0) is 13.0 Å². The maximum atomic E-state index is 12.3. The molecule has 0 radical (unpaired) electrons. The lowest BCUT2D eigenvalue weighted by molar-refractivity contribution is 0.0697. The zero-order valence-electron chi connectivity index (χ0n) is 10.8. The van der Waals surface area contributed by atoms with Crippen molar-refractivity contribution in [2.75, 3.05) is 26.3 Å². The van der Waals surface area contributed by atoms with Crippen molar-refractivity contribution in [3.63, 3.8) is 0 Å². The summed E-state index contributed by atoms with van der Waals surface area (Å²) in [5.74, 6) is -1.13. The Balaban J connectivity index is 2.89. The van der Waals surface area contributed by atoms with E-state index in [2.05, 4.69) is 0 Å². The number of aromatic carboxylic acids is 1. The van der Waals surface area contributed by atoms with E-state index in [-0.39, 0.29) is 16.3 Å². The van der Waals surface area contributed by atoms with Crippen LogP contribution in [0.3, 0.4) is 0 Å². The summed E-state index contributed by atoms with van der Waals surface area (Å²) in [6.45, 7) is 4.99. The number of carbonyl (C=O) groups is 1. The summed E-state index contributed by atoms with van der Waals surface area (Å²) in [7, 11) is -3.64. The number of thiophene rings is 1. The van der Waals surface area contributed by atoms with Crippen LogP contribution in [-0.4, -0.2) is 50.1 Å². The summed E-state index contributed by atoms with van der Waals surface area (Å²) in [5.41, 5.74) is -0.00978. The second-order valence-electron chi connectivity index (χ2n) is 3.65. The molecule has 0 aliphatic heterocycles. The molecule has 0 spiro atoms. The Kier molecular flexibility index (Phi) is 5.92. The lowest BCUT2D eigenvalue weighted by Crippen LogP contribution is -2.33. The van der Waals surface area contributed by atoms with Gasteiger partial charge in [0.05, 0.1) is 12.2 Å². The van der Waals surface area contributed by atoms with E-state index in [4.69, 9.17) is 9.84 Å². The number of hydrogen-bond acceptors (Lipinski definition) is 5. The van der Waals surface area contributed by atoms with E-state index in [1.807, 2.05) is 6.92 Å². The molecule has 108 valence electrons. The summed E-state index contributed by atoms with van der Waals surface area (Å²) in [5, 5.41) is 10.1. The first-order chi connectivity index (χ1) is 8.93. The molecule has 0 aliphatic rings. The van der Waals surface area contributed by atoms with Crippen molar-refractivity contribution < 1.29 is 23.1 Å². The minimum Gasteiger partial charge on any atom is -0.478 e. The van der Waals surface area contributed by atoms with Gasteiger partial charge in [-0.3, -0.25) is 0 Å². The smallest absolute Gasteiger partial charge is 0.336 e. The highest BCUT2D eigenvalue weighted by molar-refractivity contribution is 7.91. The molecule has 0 saturated heterocycles. The number of carboxylic acids is 1. The van der Waals surface area contributed by atoms with Gasteiger partial charge in [-0.15, -0.1) is 11.3 Å². The van der Waals surface area contributed by atoms with E-state index < -0.39 is 16.0 Å². The molecular formula is C11H17NO5S2. The van der Waals surface area contributed by atoms with E-state index in [0.29, 0.717) is 19.8 Å². The normalized spacial score (nSPS) is 11.9. The van der Waals surface area contributed by atoms with Gasteiger partial charge in [0.25, 0.3) is 10.0 Å². The fraction of sp³-hybridized carbons (Fsp3) is 0.545. The fourth-order valence-electron chi connectivity index (χ4n) is 1.45. The largest absolute Gasteiger partial charge is 0.478 e. The molecule has 1 N–H and O–H groups in total. The Morgan fingerprint density at radius 3 is 2.63 bits per heavy atom. The van der Waals surface area contributed by atoms with Crippen molar-refractivity contribution in [1.29, 1.82) is 0 Å². The number of likely N-dealkylation sites (N-methyl/N-ethyl adjacent to an activating group) is 1. The predicted octanol–water partition coefficient (Wildman–Crippen LogP) is 1.49. The lowest BCUT2D eigenvalue weighted by Gasteiger charge is -2.19. The Hall–Kier alpha value is -0.960. The number of hydrogen-bond donors (Lipinski definition) is 1. The number of rotatable bonds is 8. The van der Waals surface area contributed by atoms with E-state index >= 15 is 0 Å². The third kappa shape index (κ3) is 4.00. The minimum atomic E-state index is -3.64. The first kappa shape index (κ1) is 16.1. The van der Waals surface area contributed by atoms with Gasteiger partial charge in [-0.25, -0.2) is 13.2 Å². The Morgan fingerprint density at radius 2 is 2.16 bits per heavy atom. The van der Waals surface area contributed by atoms with Crippen molar-refractivity contribution in [1.82, 2.24) is 4.31 Å². The quantitative estimate of drug-likeness (QED) is 0.736. The average Bonchev–Trinajstić information content (AvgIpc) is 2.84. The lowest BCUT2D eigenvalue weighted by atomic mass is 10.4. The molecule has 6 nitrogen and oxygen atoms in total. The molecule has 0 bridgehead atoms. The molecule has 1 aromatic heterocycles. The van der Waals surface area contributed by atoms with Gasteiger partial charge in [0.2, 0.25) is 0 Å². The van der Waals surface area contributed by atoms with Crippen LogP contribution in [0.15, 0.2) is 15.7 Å². The van der Waals surface area contributed by atoms with Crippen LogP contribution in [0.4, 0.5) is 0 Å². The molecule has 0 aromatic carbocycles. The van der Waals surface area contributed by atoms with Crippen LogP contribution in [0.5, 0.6) is 0 Å². The van der Waals surface area contributed by atoms with Crippen LogP contribution in [0.25, 0.3) is 0 Å². The maximum Gasteiger partial charge on any atom is 0.336 e. The van der Waals surface area contributed by atoms with Crippen molar-refractivity contribution in [3.05, 3.63) is 17.0 Å². The van der Waals surface area contributed by atoms with E-state index in [0.717, 1.165) is 11.3 Å². The molecule has 8 heteroatoms. The molecule has 1 aromatic rings. The van der Waals surface area contributed by atoms with Crippen LogP contribution in [0.1, 0.15) is 24.2 Å². The van der Waals surface area contributed by atoms with Gasteiger partial charge < -0.3 is 9.84 Å². The standard InChI is InChI=1S/C11H17NO5S2/c1-3-12(5-6-17-4-2)19(15,16)10-7-9(8-18-10)11(13)14/h7-8H,3-6H2,1-2H3,(H,13,14). The van der Waals surface area contributed by atoms with Gasteiger partial charge in [-0.1, -0.05) is 6.92 Å². The van der Waals surface area contributed by atoms with Gasteiger partial charge in [0.15, 0.2) is 0 Å². The second-order valence-corrected chi connectivity index (χ2v) is 6.73. The molecule has 0 amide bonds. The predicted molar refractivity (Wildman–Crippen MR) is 72.2 cm³/mol. The fourth-order valence-corrected chi connectivity index (χ4v) is 4.19. The highest BCUT2D eigenvalue weighted by Crippen LogP contribution is 2.23. The number of sulfonamides is 1. The van der Waals surface area contributed by atoms with E-state index in [9.17, 15) is 13.2 Å². The van der Waals surface area contributed by atoms with Gasteiger partial charge in [0, 0.05) is 25.1 Å². The monoisotopic (exact) mass is 307 g/mol. The minimum absolute atomic E-state index is 0.00978. The summed E-state index contributed by atoms with van der Waals surface area (Å²) in [6, 6.07) is 1.19. The molecular weight excluding hydrogens is 290 g/mol. The second kappa shape index (κ2) is 6.99. The van der Waals surface area contributed by atoms with Crippen molar-refractivity contribution in [2.24, 2.45) is 0 Å². The highest BCUT2D eigenvalue weighted by atomic mass is 32.2. The number of ether oxygens (including phenoxy) is 1. The Morgan fingerprint density at radius 1 is 1.47 bits per heavy atom. The summed E-state index contributed by atoms with van der Waals surface area (Å²) >= 11 is 0.916. The third-order valence-electron chi connectivity index (χ3n) is 2.46. The number of carboxylic acid groups (broad SMARTS) is 1. The van der Waals surface area contributed by atoms with E-state index in [1.165, 1.54) is 15.8 Å². The first-order valence-corrected chi connectivity index (χ1v) is 8.15. The maximum absolute atomic E-state index is 12.3. The zero-order valence-corrected chi connectivity index (χ0v) is 12.5. The SMILES string of the molecule is CCOCCN(CC)S(=O)(=O)c1cc(C(=O)O)cs1. The summed E-state index contributed by atoms with van der Waals surface area (Å²) in [4.78, 5) is 10.8. The van der Waals surface area contributed by atoms with Crippen molar-refractivity contribution >= 4 is 27.3 Å². The van der Waals surface area contributed by atoms with E-state index in [1.54, 1.807) is 6.92 Å². The molecule has 1 rings (SSSR count). The molecule has 1 heterocycles. The van der Waals surface area contributed by atoms with Crippen LogP contribution in [0, 0.1) is 0 Å². The first-order valence-electron chi connectivity index (χ1n) is 5.83. The van der Waals surface area contributed by atoms with Crippen LogP contribution in [0.2, 0.25) is 0 Å². The molecule has 0 aliphatic carbocycles. The molecule has 0 unspecified atom stereocenters. The van der Waals surface area contributed by atoms with Crippen LogP contribution >= 0.6 is 11.3 Å².